The Morgan fingerprint density at radius 3 is 2.45 bits per heavy atom. The second-order valence-corrected chi connectivity index (χ2v) is 6.18. The number of hydrogen-bond acceptors (Lipinski definition) is 4. The van der Waals surface area contributed by atoms with Crippen molar-refractivity contribution in [2.24, 2.45) is 5.92 Å². The van der Waals surface area contributed by atoms with Crippen LogP contribution in [0.2, 0.25) is 0 Å². The van der Waals surface area contributed by atoms with Crippen LogP contribution in [0.1, 0.15) is 41.0 Å². The van der Waals surface area contributed by atoms with Crippen LogP contribution in [0.4, 0.5) is 4.79 Å². The summed E-state index contributed by atoms with van der Waals surface area (Å²) in [5, 5.41) is 3.37. The molecule has 0 bridgehead atoms. The van der Waals surface area contributed by atoms with E-state index in [1.165, 1.54) is 0 Å². The molecular weight excluding hydrogens is 256 g/mol. The predicted octanol–water partition coefficient (Wildman–Crippen LogP) is 2.51. The van der Waals surface area contributed by atoms with E-state index in [2.05, 4.69) is 19.2 Å². The third-order valence-electron chi connectivity index (χ3n) is 2.97. The van der Waals surface area contributed by atoms with Crippen molar-refractivity contribution in [3.8, 4) is 0 Å². The average Bonchev–Trinajstić information content (AvgIpc) is 2.35. The first-order valence-electron chi connectivity index (χ1n) is 7.47. The minimum Gasteiger partial charge on any atom is -0.444 e. The molecule has 0 aliphatic carbocycles. The third kappa shape index (κ3) is 10.0. The fourth-order valence-electron chi connectivity index (χ4n) is 1.53. The Kier molecular flexibility index (Phi) is 9.59. The number of carbonyl (C=O) groups excluding carboxylic acids is 1. The molecule has 0 saturated heterocycles. The topological polar surface area (TPSA) is 50.8 Å². The summed E-state index contributed by atoms with van der Waals surface area (Å²) in [6.07, 6.45) is 0.881. The lowest BCUT2D eigenvalue weighted by Gasteiger charge is -2.27. The Hall–Kier alpha value is -0.810. The fraction of sp³-hybridized carbons (Fsp3) is 0.933. The maximum absolute atomic E-state index is 12.1. The summed E-state index contributed by atoms with van der Waals surface area (Å²) in [6, 6.07) is 0. The number of nitrogens with zero attached hydrogens (tertiary/aromatic N) is 1. The molecule has 1 atom stereocenters. The van der Waals surface area contributed by atoms with E-state index in [0.29, 0.717) is 25.6 Å². The molecule has 5 heteroatoms. The van der Waals surface area contributed by atoms with E-state index in [-0.39, 0.29) is 6.09 Å². The van der Waals surface area contributed by atoms with Gasteiger partial charge in [0.2, 0.25) is 0 Å². The van der Waals surface area contributed by atoms with Crippen LogP contribution in [0.3, 0.4) is 0 Å². The van der Waals surface area contributed by atoms with Crippen molar-refractivity contribution in [2.45, 2.75) is 46.6 Å². The van der Waals surface area contributed by atoms with Crippen LogP contribution in [-0.4, -0.2) is 56.5 Å². The first-order valence-corrected chi connectivity index (χ1v) is 7.47. The van der Waals surface area contributed by atoms with Crippen LogP contribution >= 0.6 is 0 Å². The second-order valence-electron chi connectivity index (χ2n) is 6.18. The van der Waals surface area contributed by atoms with Crippen molar-refractivity contribution in [2.75, 3.05) is 39.9 Å². The maximum Gasteiger partial charge on any atom is 0.410 e. The van der Waals surface area contributed by atoms with Gasteiger partial charge in [0.1, 0.15) is 5.60 Å². The van der Waals surface area contributed by atoms with Gasteiger partial charge in [-0.1, -0.05) is 20.3 Å². The van der Waals surface area contributed by atoms with E-state index in [9.17, 15) is 4.79 Å². The van der Waals surface area contributed by atoms with Crippen LogP contribution in [-0.2, 0) is 9.47 Å². The van der Waals surface area contributed by atoms with Crippen molar-refractivity contribution in [3.63, 3.8) is 0 Å². The Morgan fingerprint density at radius 1 is 1.30 bits per heavy atom. The van der Waals surface area contributed by atoms with E-state index in [1.54, 1.807) is 12.0 Å². The normalized spacial score (nSPS) is 13.1. The number of amides is 1. The van der Waals surface area contributed by atoms with Gasteiger partial charge in [-0.25, -0.2) is 4.79 Å². The minimum absolute atomic E-state index is 0.278. The molecular formula is C15H32N2O3. The Balaban J connectivity index is 4.17. The van der Waals surface area contributed by atoms with Gasteiger partial charge >= 0.3 is 6.09 Å². The van der Waals surface area contributed by atoms with Gasteiger partial charge in [-0.3, -0.25) is 0 Å². The summed E-state index contributed by atoms with van der Waals surface area (Å²) in [5.41, 5.74) is -0.466. The zero-order valence-corrected chi connectivity index (χ0v) is 14.0. The summed E-state index contributed by atoms with van der Waals surface area (Å²) in [5.74, 6) is 0.656. The van der Waals surface area contributed by atoms with Gasteiger partial charge in [-0.15, -0.1) is 0 Å². The largest absolute Gasteiger partial charge is 0.444 e. The van der Waals surface area contributed by atoms with Crippen molar-refractivity contribution >= 4 is 6.09 Å². The van der Waals surface area contributed by atoms with E-state index in [1.807, 2.05) is 20.8 Å². The lowest BCUT2D eigenvalue weighted by Crippen LogP contribution is -2.42. The van der Waals surface area contributed by atoms with E-state index in [4.69, 9.17) is 9.47 Å². The number of rotatable bonds is 9. The predicted molar refractivity (Wildman–Crippen MR) is 82.0 cm³/mol. The highest BCUT2D eigenvalue weighted by Gasteiger charge is 2.21. The molecule has 0 spiro atoms. The van der Waals surface area contributed by atoms with Gasteiger partial charge in [0, 0.05) is 26.7 Å². The number of ether oxygens (including phenoxy) is 2. The van der Waals surface area contributed by atoms with Crippen LogP contribution < -0.4 is 5.32 Å². The molecule has 0 heterocycles. The molecule has 0 aliphatic rings. The number of nitrogens with one attached hydrogen (secondary N) is 1. The molecule has 1 amide bonds. The number of hydrogen-bond donors (Lipinski definition) is 1. The van der Waals surface area contributed by atoms with Crippen molar-refractivity contribution < 1.29 is 14.3 Å². The first kappa shape index (κ1) is 19.2. The fourth-order valence-corrected chi connectivity index (χ4v) is 1.53. The molecule has 120 valence electrons. The molecule has 0 aromatic heterocycles. The highest BCUT2D eigenvalue weighted by molar-refractivity contribution is 5.68. The van der Waals surface area contributed by atoms with Crippen molar-refractivity contribution in [1.82, 2.24) is 10.2 Å². The van der Waals surface area contributed by atoms with Crippen LogP contribution in [0.5, 0.6) is 0 Å². The highest BCUT2D eigenvalue weighted by atomic mass is 16.6. The summed E-state index contributed by atoms with van der Waals surface area (Å²) >= 11 is 0. The molecule has 5 nitrogen and oxygen atoms in total. The average molecular weight is 288 g/mol. The smallest absolute Gasteiger partial charge is 0.410 e. The summed E-state index contributed by atoms with van der Waals surface area (Å²) in [6.45, 7) is 13.5. The van der Waals surface area contributed by atoms with Gasteiger partial charge in [0.05, 0.1) is 6.61 Å². The standard InChI is InChI=1S/C15H32N2O3/c1-7-13(2)12-16-8-9-17(10-11-19-6)14(18)20-15(3,4)5/h13,16H,7-12H2,1-6H3. The van der Waals surface area contributed by atoms with Gasteiger partial charge in [-0.05, 0) is 33.2 Å². The van der Waals surface area contributed by atoms with Crippen LogP contribution in [0.15, 0.2) is 0 Å². The van der Waals surface area contributed by atoms with Crippen molar-refractivity contribution in [1.29, 1.82) is 0 Å². The zero-order valence-electron chi connectivity index (χ0n) is 14.0. The molecule has 0 aromatic rings. The Bertz CT molecular complexity index is 264. The minimum atomic E-state index is -0.466. The summed E-state index contributed by atoms with van der Waals surface area (Å²) in [7, 11) is 1.63. The number of methoxy groups -OCH3 is 1. The quantitative estimate of drug-likeness (QED) is 0.662. The zero-order chi connectivity index (χ0) is 15.6. The second kappa shape index (κ2) is 10.00. The highest BCUT2D eigenvalue weighted by Crippen LogP contribution is 2.09. The first-order chi connectivity index (χ1) is 9.30. The Morgan fingerprint density at radius 2 is 1.95 bits per heavy atom. The van der Waals surface area contributed by atoms with Gasteiger partial charge in [0.15, 0.2) is 0 Å². The van der Waals surface area contributed by atoms with Crippen molar-refractivity contribution in [3.05, 3.63) is 0 Å². The molecule has 20 heavy (non-hydrogen) atoms. The molecule has 0 radical (unpaired) electrons. The van der Waals surface area contributed by atoms with Crippen LogP contribution in [0.25, 0.3) is 0 Å². The van der Waals surface area contributed by atoms with Gasteiger partial charge in [0.25, 0.3) is 0 Å². The Labute approximate surface area is 124 Å². The summed E-state index contributed by atoms with van der Waals surface area (Å²) in [4.78, 5) is 13.8. The molecule has 1 unspecified atom stereocenters. The van der Waals surface area contributed by atoms with Gasteiger partial charge < -0.3 is 19.7 Å². The van der Waals surface area contributed by atoms with E-state index in [0.717, 1.165) is 19.5 Å². The molecule has 0 fully saturated rings. The SMILES string of the molecule is CCC(C)CNCCN(CCOC)C(=O)OC(C)(C)C. The molecule has 0 aromatic carbocycles. The lowest BCUT2D eigenvalue weighted by molar-refractivity contribution is 0.0204. The lowest BCUT2D eigenvalue weighted by atomic mass is 10.1. The van der Waals surface area contributed by atoms with E-state index >= 15 is 0 Å². The molecule has 0 aliphatic heterocycles. The third-order valence-corrected chi connectivity index (χ3v) is 2.97. The maximum atomic E-state index is 12.1. The molecule has 0 rings (SSSR count). The molecule has 0 saturated carbocycles. The summed E-state index contributed by atoms with van der Waals surface area (Å²) < 4.78 is 10.4. The van der Waals surface area contributed by atoms with E-state index < -0.39 is 5.60 Å². The van der Waals surface area contributed by atoms with Crippen LogP contribution in [0, 0.1) is 5.92 Å². The monoisotopic (exact) mass is 288 g/mol. The molecule has 1 N–H and O–H groups in total. The van der Waals surface area contributed by atoms with Gasteiger partial charge in [-0.2, -0.15) is 0 Å². The number of carbonyl (C=O) groups is 1.